The normalized spacial score (nSPS) is 21.1. The standard InChI is InChI=1S/C24H28N2O5/c1-16-21(27)26(15-18-10-12-19(30-3)13-11-18)24(16,2)23(29)25-20(22(28)31-4)14-17-8-6-5-7-9-17/h5-13,16,20H,14-15H2,1-4H3,(H,25,29)/t16-,20-,24+/m0/s1. The van der Waals surface area contributed by atoms with Gasteiger partial charge in [0.05, 0.1) is 20.1 Å². The molecule has 164 valence electrons. The molecule has 2 aromatic carbocycles. The molecule has 0 radical (unpaired) electrons. The Balaban J connectivity index is 1.77. The molecule has 1 fully saturated rings. The van der Waals surface area contributed by atoms with Gasteiger partial charge in [-0.1, -0.05) is 49.4 Å². The van der Waals surface area contributed by atoms with Crippen LogP contribution >= 0.6 is 0 Å². The van der Waals surface area contributed by atoms with Gasteiger partial charge in [-0.15, -0.1) is 0 Å². The number of ether oxygens (including phenoxy) is 2. The maximum atomic E-state index is 13.3. The van der Waals surface area contributed by atoms with E-state index < -0.39 is 23.5 Å². The minimum atomic E-state index is -1.07. The summed E-state index contributed by atoms with van der Waals surface area (Å²) in [5, 5.41) is 2.82. The van der Waals surface area contributed by atoms with Crippen LogP contribution in [0.2, 0.25) is 0 Å². The average Bonchev–Trinajstić information content (AvgIpc) is 2.81. The molecule has 0 saturated carbocycles. The Morgan fingerprint density at radius 2 is 1.71 bits per heavy atom. The number of esters is 1. The first kappa shape index (κ1) is 22.3. The number of methoxy groups -OCH3 is 2. The summed E-state index contributed by atoms with van der Waals surface area (Å²) in [5.74, 6) is -0.790. The average molecular weight is 424 g/mol. The largest absolute Gasteiger partial charge is 0.497 e. The molecular weight excluding hydrogens is 396 g/mol. The van der Waals surface area contributed by atoms with Crippen LogP contribution in [0.4, 0.5) is 0 Å². The van der Waals surface area contributed by atoms with E-state index in [9.17, 15) is 14.4 Å². The van der Waals surface area contributed by atoms with E-state index in [1.807, 2.05) is 54.6 Å². The highest BCUT2D eigenvalue weighted by Crippen LogP contribution is 2.39. The molecular formula is C24H28N2O5. The van der Waals surface area contributed by atoms with E-state index in [4.69, 9.17) is 9.47 Å². The van der Waals surface area contributed by atoms with Crippen molar-refractivity contribution < 1.29 is 23.9 Å². The van der Waals surface area contributed by atoms with E-state index in [2.05, 4.69) is 5.32 Å². The molecule has 1 aliphatic rings. The van der Waals surface area contributed by atoms with Crippen LogP contribution < -0.4 is 10.1 Å². The first-order valence-electron chi connectivity index (χ1n) is 10.2. The first-order valence-corrected chi connectivity index (χ1v) is 10.2. The van der Waals surface area contributed by atoms with Gasteiger partial charge in [0.2, 0.25) is 11.8 Å². The predicted octanol–water partition coefficient (Wildman–Crippen LogP) is 2.33. The number of amides is 2. The number of benzene rings is 2. The minimum Gasteiger partial charge on any atom is -0.497 e. The Bertz CT molecular complexity index is 944. The Morgan fingerprint density at radius 3 is 2.29 bits per heavy atom. The summed E-state index contributed by atoms with van der Waals surface area (Å²) < 4.78 is 10.1. The zero-order chi connectivity index (χ0) is 22.6. The van der Waals surface area contributed by atoms with Crippen molar-refractivity contribution in [1.29, 1.82) is 0 Å². The third-order valence-electron chi connectivity index (χ3n) is 6.07. The van der Waals surface area contributed by atoms with Crippen LogP contribution in [0.1, 0.15) is 25.0 Å². The van der Waals surface area contributed by atoms with Gasteiger partial charge in [-0.3, -0.25) is 9.59 Å². The van der Waals surface area contributed by atoms with Crippen LogP contribution in [0.5, 0.6) is 5.75 Å². The second-order valence-corrected chi connectivity index (χ2v) is 7.88. The van der Waals surface area contributed by atoms with E-state index in [0.717, 1.165) is 16.9 Å². The minimum absolute atomic E-state index is 0.105. The number of nitrogens with one attached hydrogen (secondary N) is 1. The van der Waals surface area contributed by atoms with Crippen molar-refractivity contribution in [1.82, 2.24) is 10.2 Å². The van der Waals surface area contributed by atoms with Crippen LogP contribution in [-0.2, 0) is 32.1 Å². The molecule has 0 aliphatic carbocycles. The van der Waals surface area contributed by atoms with Crippen LogP contribution in [0.25, 0.3) is 0 Å². The summed E-state index contributed by atoms with van der Waals surface area (Å²) in [4.78, 5) is 39.8. The van der Waals surface area contributed by atoms with E-state index in [-0.39, 0.29) is 11.8 Å². The molecule has 0 spiro atoms. The Labute approximate surface area is 182 Å². The van der Waals surface area contributed by atoms with Gasteiger partial charge in [0, 0.05) is 13.0 Å². The molecule has 0 aromatic heterocycles. The summed E-state index contributed by atoms with van der Waals surface area (Å²) in [6.45, 7) is 3.75. The van der Waals surface area contributed by atoms with Crippen LogP contribution in [0.15, 0.2) is 54.6 Å². The van der Waals surface area contributed by atoms with Gasteiger partial charge in [0.25, 0.3) is 0 Å². The SMILES string of the molecule is COC(=O)[C@H](Cc1ccccc1)NC(=O)[C@@]1(C)[C@@H](C)C(=O)N1Cc1ccc(OC)cc1. The van der Waals surface area contributed by atoms with Crippen molar-refractivity contribution in [3.63, 3.8) is 0 Å². The van der Waals surface area contributed by atoms with E-state index >= 15 is 0 Å². The first-order chi connectivity index (χ1) is 14.8. The second-order valence-electron chi connectivity index (χ2n) is 7.88. The molecule has 31 heavy (non-hydrogen) atoms. The molecule has 2 amide bonds. The third kappa shape index (κ3) is 4.40. The smallest absolute Gasteiger partial charge is 0.328 e. The third-order valence-corrected chi connectivity index (χ3v) is 6.07. The molecule has 3 rings (SSSR count). The van der Waals surface area contributed by atoms with Gasteiger partial charge < -0.3 is 19.7 Å². The molecule has 1 heterocycles. The number of nitrogens with zero attached hydrogens (tertiary/aromatic N) is 1. The highest BCUT2D eigenvalue weighted by molar-refractivity contribution is 6.03. The number of hydrogen-bond donors (Lipinski definition) is 1. The van der Waals surface area contributed by atoms with E-state index in [1.54, 1.807) is 25.9 Å². The Hall–Kier alpha value is -3.35. The fourth-order valence-corrected chi connectivity index (χ4v) is 3.84. The molecule has 7 heteroatoms. The molecule has 1 N–H and O–H groups in total. The van der Waals surface area contributed by atoms with Gasteiger partial charge >= 0.3 is 5.97 Å². The van der Waals surface area contributed by atoms with Crippen molar-refractivity contribution >= 4 is 17.8 Å². The Morgan fingerprint density at radius 1 is 1.06 bits per heavy atom. The van der Waals surface area contributed by atoms with Crippen LogP contribution in [-0.4, -0.2) is 48.5 Å². The lowest BCUT2D eigenvalue weighted by Crippen LogP contribution is -2.74. The zero-order valence-corrected chi connectivity index (χ0v) is 18.3. The van der Waals surface area contributed by atoms with Gasteiger partial charge in [-0.25, -0.2) is 4.79 Å². The van der Waals surface area contributed by atoms with E-state index in [1.165, 1.54) is 7.11 Å². The summed E-state index contributed by atoms with van der Waals surface area (Å²) >= 11 is 0. The lowest BCUT2D eigenvalue weighted by molar-refractivity contribution is -0.177. The van der Waals surface area contributed by atoms with Crippen molar-refractivity contribution in [2.45, 2.75) is 38.4 Å². The number of carbonyl (C=O) groups excluding carboxylic acids is 3. The predicted molar refractivity (Wildman–Crippen MR) is 115 cm³/mol. The zero-order valence-electron chi connectivity index (χ0n) is 18.3. The lowest BCUT2D eigenvalue weighted by Gasteiger charge is -2.53. The highest BCUT2D eigenvalue weighted by Gasteiger charge is 2.59. The lowest BCUT2D eigenvalue weighted by atomic mass is 9.74. The van der Waals surface area contributed by atoms with Crippen molar-refractivity contribution in [2.24, 2.45) is 5.92 Å². The second kappa shape index (κ2) is 9.20. The van der Waals surface area contributed by atoms with E-state index in [0.29, 0.717) is 13.0 Å². The molecule has 1 aliphatic heterocycles. The van der Waals surface area contributed by atoms with Gasteiger partial charge in [0.1, 0.15) is 17.3 Å². The topological polar surface area (TPSA) is 84.9 Å². The number of carbonyl (C=O) groups is 3. The molecule has 0 unspecified atom stereocenters. The summed E-state index contributed by atoms with van der Waals surface area (Å²) in [7, 11) is 2.88. The van der Waals surface area contributed by atoms with Crippen LogP contribution in [0.3, 0.4) is 0 Å². The monoisotopic (exact) mass is 424 g/mol. The number of rotatable bonds is 8. The highest BCUT2D eigenvalue weighted by atomic mass is 16.5. The van der Waals surface area contributed by atoms with Crippen molar-refractivity contribution in [3.05, 3.63) is 65.7 Å². The molecule has 1 saturated heterocycles. The molecule has 7 nitrogen and oxygen atoms in total. The molecule has 3 atom stereocenters. The summed E-state index contributed by atoms with van der Waals surface area (Å²) in [6.07, 6.45) is 0.302. The molecule has 0 bridgehead atoms. The fraction of sp³-hybridized carbons (Fsp3) is 0.375. The number of likely N-dealkylation sites (tertiary alicyclic amines) is 1. The van der Waals surface area contributed by atoms with Crippen molar-refractivity contribution in [3.8, 4) is 5.75 Å². The maximum Gasteiger partial charge on any atom is 0.328 e. The van der Waals surface area contributed by atoms with Gasteiger partial charge in [-0.05, 0) is 30.2 Å². The Kier molecular flexibility index (Phi) is 6.63. The summed E-state index contributed by atoms with van der Waals surface area (Å²) in [5.41, 5.74) is 0.713. The quantitative estimate of drug-likeness (QED) is 0.519. The molecule has 2 aromatic rings. The van der Waals surface area contributed by atoms with Gasteiger partial charge in [-0.2, -0.15) is 0 Å². The number of β-lactam (4-membered cyclic amide) rings is 1. The van der Waals surface area contributed by atoms with Crippen molar-refractivity contribution in [2.75, 3.05) is 14.2 Å². The fourth-order valence-electron chi connectivity index (χ4n) is 3.84. The van der Waals surface area contributed by atoms with Gasteiger partial charge in [0.15, 0.2) is 0 Å². The van der Waals surface area contributed by atoms with Crippen LogP contribution in [0, 0.1) is 5.92 Å². The maximum absolute atomic E-state index is 13.3. The number of hydrogen-bond acceptors (Lipinski definition) is 5. The summed E-state index contributed by atoms with van der Waals surface area (Å²) in [6, 6.07) is 15.9.